The van der Waals surface area contributed by atoms with Gasteiger partial charge in [-0.05, 0) is 30.5 Å². The first-order chi connectivity index (χ1) is 10.3. The Kier molecular flexibility index (Phi) is 3.15. The van der Waals surface area contributed by atoms with Gasteiger partial charge in [0.25, 0.3) is 5.56 Å². The van der Waals surface area contributed by atoms with Gasteiger partial charge in [-0.2, -0.15) is 0 Å². The van der Waals surface area contributed by atoms with Crippen molar-refractivity contribution in [3.63, 3.8) is 0 Å². The molecule has 3 heterocycles. The molecular formula is C18H20N2O. The van der Waals surface area contributed by atoms with Crippen molar-refractivity contribution in [2.45, 2.75) is 25.3 Å². The molecule has 3 nitrogen and oxygen atoms in total. The van der Waals surface area contributed by atoms with Gasteiger partial charge in [-0.25, -0.2) is 0 Å². The van der Waals surface area contributed by atoms with Gasteiger partial charge in [-0.1, -0.05) is 36.4 Å². The maximum Gasteiger partial charge on any atom is 0.254 e. The summed E-state index contributed by atoms with van der Waals surface area (Å²) in [7, 11) is 0. The highest BCUT2D eigenvalue weighted by atomic mass is 16.1. The molecule has 21 heavy (non-hydrogen) atoms. The average Bonchev–Trinajstić information content (AvgIpc) is 2.52. The SMILES string of the molecule is O=c1c(Cc2ccccc2)ccc2n1CC1CNCC2C1. The Morgan fingerprint density at radius 1 is 1.10 bits per heavy atom. The number of benzene rings is 1. The number of nitrogens with zero attached hydrogens (tertiary/aromatic N) is 1. The van der Waals surface area contributed by atoms with Crippen molar-refractivity contribution in [1.82, 2.24) is 9.88 Å². The summed E-state index contributed by atoms with van der Waals surface area (Å²) in [5.41, 5.74) is 3.55. The number of aromatic nitrogens is 1. The molecule has 0 amide bonds. The van der Waals surface area contributed by atoms with Crippen molar-refractivity contribution in [3.8, 4) is 0 Å². The zero-order chi connectivity index (χ0) is 14.2. The van der Waals surface area contributed by atoms with Crippen LogP contribution in [0.5, 0.6) is 0 Å². The molecule has 1 saturated heterocycles. The van der Waals surface area contributed by atoms with E-state index in [9.17, 15) is 4.79 Å². The fourth-order valence-corrected chi connectivity index (χ4v) is 3.79. The highest BCUT2D eigenvalue weighted by Gasteiger charge is 2.31. The summed E-state index contributed by atoms with van der Waals surface area (Å²) in [6.07, 6.45) is 1.96. The summed E-state index contributed by atoms with van der Waals surface area (Å²) in [6, 6.07) is 14.5. The number of piperidine rings is 1. The van der Waals surface area contributed by atoms with Crippen LogP contribution in [-0.2, 0) is 13.0 Å². The Labute approximate surface area is 124 Å². The predicted molar refractivity (Wildman–Crippen MR) is 83.7 cm³/mol. The molecule has 1 N–H and O–H groups in total. The van der Waals surface area contributed by atoms with E-state index in [1.807, 2.05) is 28.8 Å². The molecular weight excluding hydrogens is 260 g/mol. The quantitative estimate of drug-likeness (QED) is 0.914. The number of nitrogens with one attached hydrogen (secondary N) is 1. The number of rotatable bonds is 2. The molecule has 1 aromatic carbocycles. The van der Waals surface area contributed by atoms with Crippen LogP contribution in [0.3, 0.4) is 0 Å². The van der Waals surface area contributed by atoms with Crippen LogP contribution >= 0.6 is 0 Å². The zero-order valence-corrected chi connectivity index (χ0v) is 12.1. The smallest absolute Gasteiger partial charge is 0.254 e. The van der Waals surface area contributed by atoms with Gasteiger partial charge >= 0.3 is 0 Å². The molecule has 3 heteroatoms. The van der Waals surface area contributed by atoms with Crippen LogP contribution in [0.25, 0.3) is 0 Å². The highest BCUT2D eigenvalue weighted by Crippen LogP contribution is 2.31. The van der Waals surface area contributed by atoms with E-state index in [4.69, 9.17) is 0 Å². The third-order valence-electron chi connectivity index (χ3n) is 4.82. The van der Waals surface area contributed by atoms with Crippen molar-refractivity contribution < 1.29 is 0 Å². The third-order valence-corrected chi connectivity index (χ3v) is 4.82. The van der Waals surface area contributed by atoms with Crippen LogP contribution in [0.15, 0.2) is 47.3 Å². The lowest BCUT2D eigenvalue weighted by molar-refractivity contribution is 0.257. The molecule has 2 aromatic rings. The van der Waals surface area contributed by atoms with Gasteiger partial charge in [0.05, 0.1) is 0 Å². The Morgan fingerprint density at radius 2 is 1.95 bits per heavy atom. The van der Waals surface area contributed by atoms with Gasteiger partial charge in [0, 0.05) is 36.7 Å². The van der Waals surface area contributed by atoms with Crippen LogP contribution in [0.4, 0.5) is 0 Å². The summed E-state index contributed by atoms with van der Waals surface area (Å²) >= 11 is 0. The van der Waals surface area contributed by atoms with E-state index < -0.39 is 0 Å². The molecule has 0 spiro atoms. The van der Waals surface area contributed by atoms with E-state index in [0.717, 1.165) is 31.6 Å². The number of fused-ring (bicyclic) bond motifs is 4. The zero-order valence-electron chi connectivity index (χ0n) is 12.1. The fraction of sp³-hybridized carbons (Fsp3) is 0.389. The van der Waals surface area contributed by atoms with E-state index in [0.29, 0.717) is 11.8 Å². The number of pyridine rings is 1. The number of hydrogen-bond donors (Lipinski definition) is 1. The van der Waals surface area contributed by atoms with Crippen LogP contribution in [0.1, 0.15) is 29.2 Å². The van der Waals surface area contributed by atoms with Crippen molar-refractivity contribution in [3.05, 3.63) is 69.6 Å². The first-order valence-electron chi connectivity index (χ1n) is 7.78. The van der Waals surface area contributed by atoms with E-state index in [1.165, 1.54) is 17.7 Å². The monoisotopic (exact) mass is 280 g/mol. The minimum absolute atomic E-state index is 0.216. The van der Waals surface area contributed by atoms with Crippen LogP contribution in [0, 0.1) is 5.92 Å². The van der Waals surface area contributed by atoms with Gasteiger partial charge in [-0.15, -0.1) is 0 Å². The highest BCUT2D eigenvalue weighted by molar-refractivity contribution is 5.27. The largest absolute Gasteiger partial charge is 0.316 e. The van der Waals surface area contributed by atoms with E-state index in [1.54, 1.807) is 0 Å². The van der Waals surface area contributed by atoms with Gasteiger partial charge in [-0.3, -0.25) is 4.79 Å². The second-order valence-corrected chi connectivity index (χ2v) is 6.32. The summed E-state index contributed by atoms with van der Waals surface area (Å²) < 4.78 is 2.04. The molecule has 108 valence electrons. The predicted octanol–water partition coefficient (Wildman–Crippen LogP) is 2.15. The van der Waals surface area contributed by atoms with E-state index in [2.05, 4.69) is 23.5 Å². The Bertz CT molecular complexity index is 705. The van der Waals surface area contributed by atoms with Gasteiger partial charge < -0.3 is 9.88 Å². The molecule has 1 aromatic heterocycles. The van der Waals surface area contributed by atoms with Crippen molar-refractivity contribution in [2.24, 2.45) is 5.92 Å². The van der Waals surface area contributed by atoms with Gasteiger partial charge in [0.2, 0.25) is 0 Å². The lowest BCUT2D eigenvalue weighted by atomic mass is 9.84. The minimum Gasteiger partial charge on any atom is -0.316 e. The normalized spacial score (nSPS) is 23.6. The minimum atomic E-state index is 0.216. The first kappa shape index (κ1) is 12.8. The standard InChI is InChI=1S/C18H20N2O/c21-18-15(8-13-4-2-1-3-5-13)6-7-17-16-9-14(10-19-11-16)12-20(17)18/h1-7,14,16,19H,8-12H2. The summed E-state index contributed by atoms with van der Waals surface area (Å²) in [4.78, 5) is 12.8. The second kappa shape index (κ2) is 5.15. The van der Waals surface area contributed by atoms with Crippen LogP contribution in [0.2, 0.25) is 0 Å². The summed E-state index contributed by atoms with van der Waals surface area (Å²) in [5.74, 6) is 1.12. The van der Waals surface area contributed by atoms with E-state index in [-0.39, 0.29) is 5.56 Å². The molecule has 1 fully saturated rings. The lowest BCUT2D eigenvalue weighted by Crippen LogP contribution is -2.45. The summed E-state index contributed by atoms with van der Waals surface area (Å²) in [6.45, 7) is 2.93. The van der Waals surface area contributed by atoms with Crippen LogP contribution < -0.4 is 10.9 Å². The fourth-order valence-electron chi connectivity index (χ4n) is 3.79. The molecule has 0 aliphatic carbocycles. The number of hydrogen-bond acceptors (Lipinski definition) is 2. The molecule has 2 bridgehead atoms. The molecule has 4 rings (SSSR count). The Balaban J connectivity index is 1.72. The molecule has 2 aliphatic heterocycles. The van der Waals surface area contributed by atoms with Crippen molar-refractivity contribution in [1.29, 1.82) is 0 Å². The molecule has 2 aliphatic rings. The van der Waals surface area contributed by atoms with E-state index >= 15 is 0 Å². The molecule has 0 radical (unpaired) electrons. The molecule has 0 saturated carbocycles. The van der Waals surface area contributed by atoms with Crippen molar-refractivity contribution >= 4 is 0 Å². The lowest BCUT2D eigenvalue weighted by Gasteiger charge is -2.37. The topological polar surface area (TPSA) is 34.0 Å². The van der Waals surface area contributed by atoms with Crippen LogP contribution in [-0.4, -0.2) is 17.7 Å². The maximum atomic E-state index is 12.8. The van der Waals surface area contributed by atoms with Gasteiger partial charge in [0.1, 0.15) is 0 Å². The Hall–Kier alpha value is -1.87. The molecule has 2 unspecified atom stereocenters. The summed E-state index contributed by atoms with van der Waals surface area (Å²) in [5, 5.41) is 3.49. The van der Waals surface area contributed by atoms with Gasteiger partial charge in [0.15, 0.2) is 0 Å². The Morgan fingerprint density at radius 3 is 2.81 bits per heavy atom. The first-order valence-corrected chi connectivity index (χ1v) is 7.78. The average molecular weight is 280 g/mol. The third kappa shape index (κ3) is 2.32. The maximum absolute atomic E-state index is 12.8. The molecule has 2 atom stereocenters. The second-order valence-electron chi connectivity index (χ2n) is 6.32. The van der Waals surface area contributed by atoms with Crippen molar-refractivity contribution in [2.75, 3.05) is 13.1 Å².